The fraction of sp³-hybridized carbons (Fsp3) is 0.118. The van der Waals surface area contributed by atoms with Gasteiger partial charge < -0.3 is 10.0 Å². The minimum absolute atomic E-state index is 0.264. The van der Waals surface area contributed by atoms with E-state index in [1.807, 2.05) is 36.4 Å². The Balaban J connectivity index is 1.81. The van der Waals surface area contributed by atoms with Gasteiger partial charge in [0, 0.05) is 13.1 Å². The molecule has 0 unspecified atom stereocenters. The molecular formula is C17H14FNO2. The molecule has 1 aliphatic heterocycles. The summed E-state index contributed by atoms with van der Waals surface area (Å²) in [5.74, 6) is -1.52. The number of hydrogen-bond donors (Lipinski definition) is 1. The van der Waals surface area contributed by atoms with Gasteiger partial charge in [-0.25, -0.2) is 4.39 Å². The highest BCUT2D eigenvalue weighted by molar-refractivity contribution is 5.98. The van der Waals surface area contributed by atoms with Crippen LogP contribution in [0.3, 0.4) is 0 Å². The molecule has 4 heteroatoms. The molecule has 0 spiro atoms. The van der Waals surface area contributed by atoms with Crippen molar-refractivity contribution in [3.8, 4) is 5.75 Å². The molecule has 0 radical (unpaired) electrons. The van der Waals surface area contributed by atoms with Crippen LogP contribution in [0.15, 0.2) is 54.6 Å². The maximum absolute atomic E-state index is 13.7. The standard InChI is InChI=1S/C17H14FNO2/c18-14-7-4-8-15(20)16(14)17(21)19-10-9-13(11-19)12-5-2-1-3-6-12/h1-9,20H,10-11H2. The van der Waals surface area contributed by atoms with Crippen LogP contribution in [0, 0.1) is 5.82 Å². The molecule has 2 aromatic carbocycles. The Morgan fingerprint density at radius 1 is 1.10 bits per heavy atom. The minimum atomic E-state index is -0.701. The maximum Gasteiger partial charge on any atom is 0.261 e. The zero-order valence-electron chi connectivity index (χ0n) is 11.3. The van der Waals surface area contributed by atoms with Gasteiger partial charge in [0.25, 0.3) is 5.91 Å². The van der Waals surface area contributed by atoms with Gasteiger partial charge in [-0.1, -0.05) is 42.5 Å². The van der Waals surface area contributed by atoms with Crippen LogP contribution in [0.5, 0.6) is 5.75 Å². The van der Waals surface area contributed by atoms with Crippen LogP contribution < -0.4 is 0 Å². The second-order valence-electron chi connectivity index (χ2n) is 4.92. The van der Waals surface area contributed by atoms with Gasteiger partial charge in [-0.2, -0.15) is 0 Å². The summed E-state index contributed by atoms with van der Waals surface area (Å²) in [5, 5.41) is 9.70. The highest BCUT2D eigenvalue weighted by atomic mass is 19.1. The largest absolute Gasteiger partial charge is 0.507 e. The van der Waals surface area contributed by atoms with E-state index in [9.17, 15) is 14.3 Å². The molecule has 0 fully saturated rings. The SMILES string of the molecule is O=C(c1c(O)cccc1F)N1CC=C(c2ccccc2)C1. The Morgan fingerprint density at radius 3 is 2.57 bits per heavy atom. The molecule has 0 aromatic heterocycles. The highest BCUT2D eigenvalue weighted by Crippen LogP contribution is 2.26. The molecule has 0 saturated heterocycles. The van der Waals surface area contributed by atoms with Crippen LogP contribution in [0.25, 0.3) is 5.57 Å². The molecule has 1 amide bonds. The van der Waals surface area contributed by atoms with E-state index in [0.29, 0.717) is 13.1 Å². The third kappa shape index (κ3) is 2.52. The van der Waals surface area contributed by atoms with Gasteiger partial charge in [0.1, 0.15) is 17.1 Å². The van der Waals surface area contributed by atoms with Crippen molar-refractivity contribution in [2.75, 3.05) is 13.1 Å². The summed E-state index contributed by atoms with van der Waals surface area (Å²) >= 11 is 0. The fourth-order valence-electron chi connectivity index (χ4n) is 2.45. The highest BCUT2D eigenvalue weighted by Gasteiger charge is 2.26. The average Bonchev–Trinajstić information content (AvgIpc) is 2.97. The molecule has 106 valence electrons. The number of halogens is 1. The first kappa shape index (κ1) is 13.4. The van der Waals surface area contributed by atoms with Gasteiger partial charge in [-0.05, 0) is 23.3 Å². The zero-order valence-corrected chi connectivity index (χ0v) is 11.3. The molecule has 0 bridgehead atoms. The van der Waals surface area contributed by atoms with E-state index < -0.39 is 11.7 Å². The van der Waals surface area contributed by atoms with E-state index in [2.05, 4.69) is 0 Å². The molecule has 2 aromatic rings. The smallest absolute Gasteiger partial charge is 0.261 e. The molecule has 1 aliphatic rings. The van der Waals surface area contributed by atoms with E-state index in [4.69, 9.17) is 0 Å². The third-order valence-corrected chi connectivity index (χ3v) is 3.56. The van der Waals surface area contributed by atoms with Crippen LogP contribution in [0.2, 0.25) is 0 Å². The normalized spacial score (nSPS) is 14.1. The summed E-state index contributed by atoms with van der Waals surface area (Å²) < 4.78 is 13.7. The van der Waals surface area contributed by atoms with Gasteiger partial charge in [-0.15, -0.1) is 0 Å². The van der Waals surface area contributed by atoms with Crippen LogP contribution in [0.4, 0.5) is 4.39 Å². The third-order valence-electron chi connectivity index (χ3n) is 3.56. The van der Waals surface area contributed by atoms with Gasteiger partial charge in [0.2, 0.25) is 0 Å². The Morgan fingerprint density at radius 2 is 1.86 bits per heavy atom. The summed E-state index contributed by atoms with van der Waals surface area (Å²) in [6.07, 6.45) is 1.95. The van der Waals surface area contributed by atoms with Crippen molar-refractivity contribution < 1.29 is 14.3 Å². The quantitative estimate of drug-likeness (QED) is 0.920. The van der Waals surface area contributed by atoms with E-state index in [0.717, 1.165) is 11.1 Å². The Kier molecular flexibility index (Phi) is 3.44. The molecule has 0 saturated carbocycles. The van der Waals surface area contributed by atoms with Gasteiger partial charge >= 0.3 is 0 Å². The van der Waals surface area contributed by atoms with Crippen molar-refractivity contribution in [3.63, 3.8) is 0 Å². The van der Waals surface area contributed by atoms with E-state index in [-0.39, 0.29) is 11.3 Å². The van der Waals surface area contributed by atoms with Crippen molar-refractivity contribution in [2.45, 2.75) is 0 Å². The molecule has 1 N–H and O–H groups in total. The monoisotopic (exact) mass is 283 g/mol. The lowest BCUT2D eigenvalue weighted by Crippen LogP contribution is -2.29. The lowest BCUT2D eigenvalue weighted by Gasteiger charge is -2.17. The Bertz CT molecular complexity index is 690. The van der Waals surface area contributed by atoms with Crippen molar-refractivity contribution in [1.82, 2.24) is 4.90 Å². The molecular weight excluding hydrogens is 269 g/mol. The topological polar surface area (TPSA) is 40.5 Å². The predicted octanol–water partition coefficient (Wildman–Crippen LogP) is 3.07. The van der Waals surface area contributed by atoms with Crippen molar-refractivity contribution in [2.24, 2.45) is 0 Å². The first-order valence-corrected chi connectivity index (χ1v) is 6.68. The van der Waals surface area contributed by atoms with Crippen LogP contribution >= 0.6 is 0 Å². The second-order valence-corrected chi connectivity index (χ2v) is 4.92. The summed E-state index contributed by atoms with van der Waals surface area (Å²) in [5.41, 5.74) is 1.81. The molecule has 3 nitrogen and oxygen atoms in total. The first-order chi connectivity index (χ1) is 10.2. The minimum Gasteiger partial charge on any atom is -0.507 e. The average molecular weight is 283 g/mol. The van der Waals surface area contributed by atoms with Crippen LogP contribution in [-0.2, 0) is 0 Å². The molecule has 0 atom stereocenters. The molecule has 0 aliphatic carbocycles. The second kappa shape index (κ2) is 5.40. The summed E-state index contributed by atoms with van der Waals surface area (Å²) in [7, 11) is 0. The van der Waals surface area contributed by atoms with Gasteiger partial charge in [0.05, 0.1) is 0 Å². The first-order valence-electron chi connectivity index (χ1n) is 6.68. The number of phenolic OH excluding ortho intramolecular Hbond substituents is 1. The van der Waals surface area contributed by atoms with Crippen molar-refractivity contribution in [1.29, 1.82) is 0 Å². The number of rotatable bonds is 2. The molecule has 21 heavy (non-hydrogen) atoms. The van der Waals surface area contributed by atoms with E-state index in [1.54, 1.807) is 0 Å². The van der Waals surface area contributed by atoms with Gasteiger partial charge in [0.15, 0.2) is 0 Å². The molecule has 1 heterocycles. The predicted molar refractivity (Wildman–Crippen MR) is 78.4 cm³/mol. The summed E-state index contributed by atoms with van der Waals surface area (Å²) in [6.45, 7) is 0.827. The lowest BCUT2D eigenvalue weighted by atomic mass is 10.1. The number of hydrogen-bond acceptors (Lipinski definition) is 2. The van der Waals surface area contributed by atoms with Gasteiger partial charge in [-0.3, -0.25) is 4.79 Å². The fourth-order valence-corrected chi connectivity index (χ4v) is 2.45. The number of phenols is 1. The van der Waals surface area contributed by atoms with E-state index >= 15 is 0 Å². The molecule has 3 rings (SSSR count). The van der Waals surface area contributed by atoms with Crippen LogP contribution in [-0.4, -0.2) is 29.0 Å². The van der Waals surface area contributed by atoms with Crippen molar-refractivity contribution in [3.05, 3.63) is 71.6 Å². The number of nitrogens with zero attached hydrogens (tertiary/aromatic N) is 1. The number of aromatic hydroxyl groups is 1. The van der Waals surface area contributed by atoms with Crippen LogP contribution in [0.1, 0.15) is 15.9 Å². The number of carbonyl (C=O) groups is 1. The maximum atomic E-state index is 13.7. The van der Waals surface area contributed by atoms with E-state index in [1.165, 1.54) is 23.1 Å². The number of amides is 1. The number of benzene rings is 2. The zero-order chi connectivity index (χ0) is 14.8. The summed E-state index contributed by atoms with van der Waals surface area (Å²) in [4.78, 5) is 13.9. The lowest BCUT2D eigenvalue weighted by molar-refractivity contribution is 0.0793. The number of carbonyl (C=O) groups excluding carboxylic acids is 1. The Hall–Kier alpha value is -2.62. The van der Waals surface area contributed by atoms with Crippen molar-refractivity contribution >= 4 is 11.5 Å². The Labute approximate surface area is 121 Å². The summed E-state index contributed by atoms with van der Waals surface area (Å²) in [6, 6.07) is 13.6.